The van der Waals surface area contributed by atoms with Crippen LogP contribution >= 0.6 is 11.8 Å². The van der Waals surface area contributed by atoms with Gasteiger partial charge in [0.15, 0.2) is 0 Å². The second-order valence-electron chi connectivity index (χ2n) is 4.77. The fourth-order valence-corrected chi connectivity index (χ4v) is 3.00. The summed E-state index contributed by atoms with van der Waals surface area (Å²) in [5, 5.41) is -0.279. The lowest BCUT2D eigenvalue weighted by Gasteiger charge is -2.20. The maximum Gasteiger partial charge on any atom is 0.416 e. The maximum absolute atomic E-state index is 12.5. The highest BCUT2D eigenvalue weighted by atomic mass is 32.2. The molecule has 0 aromatic heterocycles. The summed E-state index contributed by atoms with van der Waals surface area (Å²) in [6.45, 7) is 3.68. The molecule has 0 N–H and O–H groups in total. The van der Waals surface area contributed by atoms with Crippen LogP contribution in [0.15, 0.2) is 24.3 Å². The van der Waals surface area contributed by atoms with Crippen molar-refractivity contribution in [2.75, 3.05) is 14.1 Å². The van der Waals surface area contributed by atoms with Gasteiger partial charge in [-0.15, -0.1) is 11.8 Å². The largest absolute Gasteiger partial charge is 0.416 e. The molecule has 1 aromatic rings. The van der Waals surface area contributed by atoms with Crippen molar-refractivity contribution in [2.24, 2.45) is 0 Å². The van der Waals surface area contributed by atoms with Crippen LogP contribution in [0.1, 0.15) is 30.2 Å². The SMILES string of the molecule is CC(SC(C)c1ccc(C(F)(F)F)cc1)C(=O)N(C)C. The van der Waals surface area contributed by atoms with Gasteiger partial charge in [0.2, 0.25) is 5.91 Å². The van der Waals surface area contributed by atoms with Crippen LogP contribution in [0.2, 0.25) is 0 Å². The Morgan fingerprint density at radius 2 is 1.65 bits per heavy atom. The van der Waals surface area contributed by atoms with Gasteiger partial charge < -0.3 is 4.90 Å². The number of nitrogens with zero attached hydrogens (tertiary/aromatic N) is 1. The lowest BCUT2D eigenvalue weighted by atomic mass is 10.1. The van der Waals surface area contributed by atoms with E-state index in [1.807, 2.05) is 6.92 Å². The summed E-state index contributed by atoms with van der Waals surface area (Å²) in [5.41, 5.74) is 0.122. The molecule has 112 valence electrons. The number of amides is 1. The number of halogens is 3. The third-order valence-electron chi connectivity index (χ3n) is 2.90. The zero-order valence-electron chi connectivity index (χ0n) is 11.9. The third kappa shape index (κ3) is 4.44. The molecule has 1 aromatic carbocycles. The predicted molar refractivity (Wildman–Crippen MR) is 75.6 cm³/mol. The molecule has 2 unspecified atom stereocenters. The van der Waals surface area contributed by atoms with E-state index in [0.29, 0.717) is 0 Å². The van der Waals surface area contributed by atoms with Gasteiger partial charge in [0.05, 0.1) is 10.8 Å². The van der Waals surface area contributed by atoms with E-state index in [2.05, 4.69) is 0 Å². The fraction of sp³-hybridized carbons (Fsp3) is 0.500. The van der Waals surface area contributed by atoms with E-state index in [9.17, 15) is 18.0 Å². The molecule has 0 fully saturated rings. The van der Waals surface area contributed by atoms with Crippen LogP contribution in [0.25, 0.3) is 0 Å². The minimum Gasteiger partial charge on any atom is -0.348 e. The summed E-state index contributed by atoms with van der Waals surface area (Å²) < 4.78 is 37.4. The van der Waals surface area contributed by atoms with E-state index < -0.39 is 11.7 Å². The van der Waals surface area contributed by atoms with Crippen LogP contribution in [0, 0.1) is 0 Å². The van der Waals surface area contributed by atoms with E-state index in [1.54, 1.807) is 21.0 Å². The van der Waals surface area contributed by atoms with Crippen molar-refractivity contribution in [3.8, 4) is 0 Å². The molecule has 1 rings (SSSR count). The number of benzene rings is 1. The van der Waals surface area contributed by atoms with Gasteiger partial charge in [-0.2, -0.15) is 13.2 Å². The van der Waals surface area contributed by atoms with Gasteiger partial charge >= 0.3 is 6.18 Å². The first-order valence-electron chi connectivity index (χ1n) is 6.16. The van der Waals surface area contributed by atoms with E-state index in [0.717, 1.165) is 17.7 Å². The quantitative estimate of drug-likeness (QED) is 0.838. The number of hydrogen-bond donors (Lipinski definition) is 0. The van der Waals surface area contributed by atoms with E-state index in [-0.39, 0.29) is 16.4 Å². The molecule has 2 atom stereocenters. The molecule has 0 aliphatic heterocycles. The lowest BCUT2D eigenvalue weighted by Crippen LogP contribution is -2.30. The van der Waals surface area contributed by atoms with Gasteiger partial charge in [-0.05, 0) is 31.5 Å². The molecule has 0 aliphatic rings. The monoisotopic (exact) mass is 305 g/mol. The van der Waals surface area contributed by atoms with Gasteiger partial charge in [0, 0.05) is 19.3 Å². The average Bonchev–Trinajstić information content (AvgIpc) is 2.36. The highest BCUT2D eigenvalue weighted by Gasteiger charge is 2.30. The highest BCUT2D eigenvalue weighted by molar-refractivity contribution is 8.00. The van der Waals surface area contributed by atoms with Crippen molar-refractivity contribution in [3.63, 3.8) is 0 Å². The summed E-state index contributed by atoms with van der Waals surface area (Å²) in [6, 6.07) is 5.08. The van der Waals surface area contributed by atoms with Crippen LogP contribution in [0.4, 0.5) is 13.2 Å². The topological polar surface area (TPSA) is 20.3 Å². The van der Waals surface area contributed by atoms with Crippen LogP contribution in [0.5, 0.6) is 0 Å². The molecule has 1 amide bonds. The van der Waals surface area contributed by atoms with Gasteiger partial charge in [-0.25, -0.2) is 0 Å². The molecular formula is C14H18F3NOS. The molecule has 2 nitrogen and oxygen atoms in total. The normalized spacial score (nSPS) is 14.8. The first-order valence-corrected chi connectivity index (χ1v) is 7.11. The van der Waals surface area contributed by atoms with Gasteiger partial charge in [-0.1, -0.05) is 12.1 Å². The Morgan fingerprint density at radius 1 is 1.15 bits per heavy atom. The Morgan fingerprint density at radius 3 is 2.05 bits per heavy atom. The summed E-state index contributed by atoms with van der Waals surface area (Å²) in [6.07, 6.45) is -4.32. The molecule has 0 saturated heterocycles. The van der Waals surface area contributed by atoms with Crippen molar-refractivity contribution in [2.45, 2.75) is 30.5 Å². The first kappa shape index (κ1) is 16.9. The van der Waals surface area contributed by atoms with Crippen LogP contribution in [-0.2, 0) is 11.0 Å². The minimum atomic E-state index is -4.32. The molecule has 0 heterocycles. The van der Waals surface area contributed by atoms with Crippen molar-refractivity contribution >= 4 is 17.7 Å². The van der Waals surface area contributed by atoms with E-state index >= 15 is 0 Å². The number of carbonyl (C=O) groups is 1. The second kappa shape index (κ2) is 6.52. The zero-order valence-corrected chi connectivity index (χ0v) is 12.7. The smallest absolute Gasteiger partial charge is 0.348 e. The summed E-state index contributed by atoms with van der Waals surface area (Å²) in [5.74, 6) is -0.00578. The number of thioether (sulfide) groups is 1. The summed E-state index contributed by atoms with van der Waals surface area (Å²) in [7, 11) is 3.37. The van der Waals surface area contributed by atoms with Gasteiger partial charge in [0.1, 0.15) is 0 Å². The molecule has 0 saturated carbocycles. The standard InChI is InChI=1S/C14H18F3NOS/c1-9(20-10(2)13(19)18(3)4)11-5-7-12(8-6-11)14(15,16)17/h5-10H,1-4H3. The van der Waals surface area contributed by atoms with Gasteiger partial charge in [-0.3, -0.25) is 4.79 Å². The predicted octanol–water partition coefficient (Wildman–Crippen LogP) is 3.98. The molecule has 20 heavy (non-hydrogen) atoms. The number of hydrogen-bond acceptors (Lipinski definition) is 2. The number of rotatable bonds is 4. The molecule has 6 heteroatoms. The molecule has 0 bridgehead atoms. The Bertz CT molecular complexity index is 456. The number of alkyl halides is 3. The Labute approximate surface area is 121 Å². The lowest BCUT2D eigenvalue weighted by molar-refractivity contribution is -0.137. The zero-order chi connectivity index (χ0) is 15.5. The minimum absolute atomic E-state index is 0.00578. The fourth-order valence-electron chi connectivity index (χ4n) is 1.75. The maximum atomic E-state index is 12.5. The van der Waals surface area contributed by atoms with Gasteiger partial charge in [0.25, 0.3) is 0 Å². The van der Waals surface area contributed by atoms with Crippen molar-refractivity contribution in [1.29, 1.82) is 0 Å². The highest BCUT2D eigenvalue weighted by Crippen LogP contribution is 2.34. The Kier molecular flexibility index (Phi) is 5.50. The Balaban J connectivity index is 2.73. The molecule has 0 spiro atoms. The van der Waals surface area contributed by atoms with Crippen LogP contribution in [0.3, 0.4) is 0 Å². The molecule has 0 aliphatic carbocycles. The molecular weight excluding hydrogens is 287 g/mol. The van der Waals surface area contributed by atoms with Crippen molar-refractivity contribution in [1.82, 2.24) is 4.90 Å². The first-order chi connectivity index (χ1) is 9.12. The van der Waals surface area contributed by atoms with Crippen LogP contribution in [-0.4, -0.2) is 30.2 Å². The third-order valence-corrected chi connectivity index (χ3v) is 4.19. The molecule has 0 radical (unpaired) electrons. The van der Waals surface area contributed by atoms with Crippen molar-refractivity contribution in [3.05, 3.63) is 35.4 Å². The number of carbonyl (C=O) groups excluding carboxylic acids is 1. The van der Waals surface area contributed by atoms with E-state index in [4.69, 9.17) is 0 Å². The summed E-state index contributed by atoms with van der Waals surface area (Å²) in [4.78, 5) is 13.3. The average molecular weight is 305 g/mol. The van der Waals surface area contributed by atoms with Crippen LogP contribution < -0.4 is 0 Å². The van der Waals surface area contributed by atoms with E-state index in [1.165, 1.54) is 28.8 Å². The Hall–Kier alpha value is -1.17. The van der Waals surface area contributed by atoms with Crippen molar-refractivity contribution < 1.29 is 18.0 Å². The summed E-state index contributed by atoms with van der Waals surface area (Å²) >= 11 is 1.43. The second-order valence-corrected chi connectivity index (χ2v) is 6.46.